The minimum atomic E-state index is -0.853. The molecule has 0 saturated heterocycles. The first-order valence-electron chi connectivity index (χ1n) is 7.08. The Morgan fingerprint density at radius 2 is 2.05 bits per heavy atom. The molecule has 5 heteroatoms. The molecule has 21 heavy (non-hydrogen) atoms. The van der Waals surface area contributed by atoms with Gasteiger partial charge in [-0.05, 0) is 42.5 Å². The van der Waals surface area contributed by atoms with E-state index < -0.39 is 5.54 Å². The number of hydrogen-bond donors (Lipinski definition) is 1. The Kier molecular flexibility index (Phi) is 2.47. The van der Waals surface area contributed by atoms with E-state index in [4.69, 9.17) is 10.7 Å². The van der Waals surface area contributed by atoms with Crippen molar-refractivity contribution in [1.82, 2.24) is 4.90 Å². The molecule has 0 fully saturated rings. The number of likely N-dealkylation sites (N-methyl/N-ethyl adjacent to an activating group) is 1. The lowest BCUT2D eigenvalue weighted by Gasteiger charge is -2.37. The summed E-state index contributed by atoms with van der Waals surface area (Å²) >= 11 is 3.52. The lowest BCUT2D eigenvalue weighted by Crippen LogP contribution is -2.48. The molecule has 2 spiro atoms. The first-order valence-corrected chi connectivity index (χ1v) is 7.87. The van der Waals surface area contributed by atoms with Crippen molar-refractivity contribution in [1.29, 1.82) is 0 Å². The van der Waals surface area contributed by atoms with Crippen molar-refractivity contribution >= 4 is 27.8 Å². The van der Waals surface area contributed by atoms with Crippen LogP contribution in [0.3, 0.4) is 0 Å². The number of aliphatic imine (C=N–C) groups is 1. The highest BCUT2D eigenvalue weighted by molar-refractivity contribution is 9.10. The van der Waals surface area contributed by atoms with Gasteiger partial charge in [0.15, 0.2) is 11.5 Å². The molecule has 1 aliphatic heterocycles. The second kappa shape index (κ2) is 3.97. The summed E-state index contributed by atoms with van der Waals surface area (Å²) in [5, 5.41) is 0. The van der Waals surface area contributed by atoms with Gasteiger partial charge in [0.25, 0.3) is 5.91 Å². The molecule has 0 bridgehead atoms. The van der Waals surface area contributed by atoms with Crippen LogP contribution >= 0.6 is 15.9 Å². The van der Waals surface area contributed by atoms with Gasteiger partial charge in [-0.1, -0.05) is 34.1 Å². The van der Waals surface area contributed by atoms with Crippen molar-refractivity contribution in [3.8, 4) is 0 Å². The van der Waals surface area contributed by atoms with Crippen LogP contribution in [0.1, 0.15) is 24.0 Å². The number of amides is 1. The van der Waals surface area contributed by atoms with Crippen molar-refractivity contribution in [2.75, 3.05) is 7.05 Å². The zero-order chi connectivity index (χ0) is 14.8. The molecule has 1 aromatic rings. The van der Waals surface area contributed by atoms with Gasteiger partial charge in [0, 0.05) is 16.9 Å². The quantitative estimate of drug-likeness (QED) is 0.733. The summed E-state index contributed by atoms with van der Waals surface area (Å²) in [6.45, 7) is 0. The summed E-state index contributed by atoms with van der Waals surface area (Å²) in [5.74, 6) is 0.319. The predicted octanol–water partition coefficient (Wildman–Crippen LogP) is 2.32. The van der Waals surface area contributed by atoms with Crippen LogP contribution in [0, 0.1) is 5.41 Å². The largest absolute Gasteiger partial charge is 0.369 e. The number of guanidine groups is 1. The lowest BCUT2D eigenvalue weighted by atomic mass is 9.68. The zero-order valence-electron chi connectivity index (χ0n) is 11.8. The van der Waals surface area contributed by atoms with Gasteiger partial charge in [0.2, 0.25) is 0 Å². The second-order valence-corrected chi connectivity index (χ2v) is 7.10. The molecule has 1 atom stereocenters. The Morgan fingerprint density at radius 1 is 1.33 bits per heavy atom. The van der Waals surface area contributed by atoms with E-state index in [1.165, 1.54) is 10.5 Å². The number of hydrogen-bond acceptors (Lipinski definition) is 3. The first kappa shape index (κ1) is 13.1. The Balaban J connectivity index is 2.02. The molecule has 4 rings (SSSR count). The third kappa shape index (κ3) is 1.40. The van der Waals surface area contributed by atoms with Gasteiger partial charge in [0.1, 0.15) is 0 Å². The third-order valence-electron chi connectivity index (χ3n) is 5.18. The summed E-state index contributed by atoms with van der Waals surface area (Å²) in [5.41, 5.74) is 7.17. The Labute approximate surface area is 131 Å². The molecule has 2 N–H and O–H groups in total. The van der Waals surface area contributed by atoms with Crippen LogP contribution in [0.4, 0.5) is 0 Å². The average molecular weight is 346 g/mol. The van der Waals surface area contributed by atoms with E-state index in [2.05, 4.69) is 34.1 Å². The molecule has 1 aromatic carbocycles. The SMILES string of the molecule is CN1C(=O)C2(N=C1N)c1cc(Br)ccc1CC21CC=CC1. The van der Waals surface area contributed by atoms with Gasteiger partial charge in [0.05, 0.1) is 0 Å². The molecule has 108 valence electrons. The molecule has 4 nitrogen and oxygen atoms in total. The minimum Gasteiger partial charge on any atom is -0.369 e. The number of halogens is 1. The fourth-order valence-corrected chi connectivity index (χ4v) is 4.48. The number of fused-ring (bicyclic) bond motifs is 3. The normalized spacial score (nSPS) is 28.8. The van der Waals surface area contributed by atoms with Crippen LogP contribution in [0.2, 0.25) is 0 Å². The number of nitrogens with zero attached hydrogens (tertiary/aromatic N) is 2. The van der Waals surface area contributed by atoms with Gasteiger partial charge >= 0.3 is 0 Å². The van der Waals surface area contributed by atoms with E-state index in [1.807, 2.05) is 12.1 Å². The van der Waals surface area contributed by atoms with E-state index in [9.17, 15) is 4.79 Å². The number of rotatable bonds is 0. The van der Waals surface area contributed by atoms with Crippen molar-refractivity contribution in [3.05, 3.63) is 46.0 Å². The molecule has 0 saturated carbocycles. The molecule has 3 aliphatic rings. The predicted molar refractivity (Wildman–Crippen MR) is 84.7 cm³/mol. The maximum atomic E-state index is 13.1. The first-order chi connectivity index (χ1) is 10.0. The summed E-state index contributed by atoms with van der Waals surface area (Å²) in [7, 11) is 1.71. The molecule has 1 heterocycles. The number of carbonyl (C=O) groups excluding carboxylic acids is 1. The van der Waals surface area contributed by atoms with Crippen LogP contribution in [0.15, 0.2) is 39.8 Å². The lowest BCUT2D eigenvalue weighted by molar-refractivity contribution is -0.134. The molecular formula is C16H16BrN3O. The van der Waals surface area contributed by atoms with Gasteiger partial charge in [-0.25, -0.2) is 4.99 Å². The number of benzene rings is 1. The highest BCUT2D eigenvalue weighted by Crippen LogP contribution is 2.61. The smallest absolute Gasteiger partial charge is 0.262 e. The summed E-state index contributed by atoms with van der Waals surface area (Å²) in [6.07, 6.45) is 6.95. The molecule has 1 unspecified atom stereocenters. The molecule has 2 aliphatic carbocycles. The zero-order valence-corrected chi connectivity index (χ0v) is 13.4. The van der Waals surface area contributed by atoms with E-state index in [0.29, 0.717) is 5.96 Å². The average Bonchev–Trinajstić information content (AvgIpc) is 3.09. The van der Waals surface area contributed by atoms with Gasteiger partial charge in [-0.3, -0.25) is 9.69 Å². The minimum absolute atomic E-state index is 0.000509. The number of carbonyl (C=O) groups is 1. The van der Waals surface area contributed by atoms with E-state index >= 15 is 0 Å². The fourth-order valence-electron chi connectivity index (χ4n) is 4.12. The topological polar surface area (TPSA) is 58.7 Å². The summed E-state index contributed by atoms with van der Waals surface area (Å²) in [6, 6.07) is 6.17. The van der Waals surface area contributed by atoms with Gasteiger partial charge in [-0.15, -0.1) is 0 Å². The van der Waals surface area contributed by atoms with Crippen LogP contribution in [-0.4, -0.2) is 23.8 Å². The van der Waals surface area contributed by atoms with Crippen molar-refractivity contribution < 1.29 is 4.79 Å². The monoisotopic (exact) mass is 345 g/mol. The van der Waals surface area contributed by atoms with Crippen LogP contribution in [0.25, 0.3) is 0 Å². The molecular weight excluding hydrogens is 330 g/mol. The van der Waals surface area contributed by atoms with Crippen molar-refractivity contribution in [2.24, 2.45) is 16.1 Å². The van der Waals surface area contributed by atoms with Crippen molar-refractivity contribution in [2.45, 2.75) is 24.8 Å². The standard InChI is InChI=1S/C16H16BrN3O/c1-20-13(21)16(19-14(20)18)12-8-11(17)5-4-10(12)9-15(16)6-2-3-7-15/h2-5,8H,6-7,9H2,1H3,(H2,18,19). The van der Waals surface area contributed by atoms with Crippen molar-refractivity contribution in [3.63, 3.8) is 0 Å². The fraction of sp³-hybridized carbons (Fsp3) is 0.375. The molecule has 1 amide bonds. The van der Waals surface area contributed by atoms with E-state index in [0.717, 1.165) is 29.3 Å². The summed E-state index contributed by atoms with van der Waals surface area (Å²) < 4.78 is 0.972. The summed E-state index contributed by atoms with van der Waals surface area (Å²) in [4.78, 5) is 19.3. The van der Waals surface area contributed by atoms with E-state index in [-0.39, 0.29) is 11.3 Å². The van der Waals surface area contributed by atoms with Crippen LogP contribution < -0.4 is 5.73 Å². The Hall–Kier alpha value is -1.62. The second-order valence-electron chi connectivity index (χ2n) is 6.18. The maximum absolute atomic E-state index is 13.1. The maximum Gasteiger partial charge on any atom is 0.262 e. The Bertz CT molecular complexity index is 716. The third-order valence-corrected chi connectivity index (χ3v) is 5.68. The highest BCUT2D eigenvalue weighted by Gasteiger charge is 2.65. The van der Waals surface area contributed by atoms with Crippen LogP contribution in [0.5, 0.6) is 0 Å². The van der Waals surface area contributed by atoms with Gasteiger partial charge in [-0.2, -0.15) is 0 Å². The molecule has 0 radical (unpaired) electrons. The number of allylic oxidation sites excluding steroid dienone is 2. The Morgan fingerprint density at radius 3 is 2.67 bits per heavy atom. The van der Waals surface area contributed by atoms with Crippen LogP contribution in [-0.2, 0) is 16.8 Å². The number of nitrogens with two attached hydrogens (primary N) is 1. The molecule has 0 aromatic heterocycles. The highest BCUT2D eigenvalue weighted by atomic mass is 79.9. The van der Waals surface area contributed by atoms with E-state index in [1.54, 1.807) is 7.05 Å². The van der Waals surface area contributed by atoms with Gasteiger partial charge < -0.3 is 5.73 Å².